The highest BCUT2D eigenvalue weighted by Gasteiger charge is 2.24. The van der Waals surface area contributed by atoms with E-state index in [0.29, 0.717) is 22.9 Å². The fourth-order valence-electron chi connectivity index (χ4n) is 2.47. The first-order chi connectivity index (χ1) is 10.1. The Balaban J connectivity index is 1.80. The molecule has 21 heavy (non-hydrogen) atoms. The van der Waals surface area contributed by atoms with E-state index in [-0.39, 0.29) is 11.7 Å². The molecule has 0 aliphatic heterocycles. The highest BCUT2D eigenvalue weighted by atomic mass is 35.5. The molecule has 0 fully saturated rings. The van der Waals surface area contributed by atoms with E-state index in [0.717, 1.165) is 17.1 Å². The van der Waals surface area contributed by atoms with Gasteiger partial charge in [0.2, 0.25) is 0 Å². The number of halogens is 2. The molecule has 1 atom stereocenters. The van der Waals surface area contributed by atoms with E-state index in [1.54, 1.807) is 30.5 Å². The summed E-state index contributed by atoms with van der Waals surface area (Å²) in [6.45, 7) is 0. The first kappa shape index (κ1) is 14.2. The van der Waals surface area contributed by atoms with Crippen molar-refractivity contribution in [3.05, 3.63) is 64.2 Å². The molecule has 1 N–H and O–H groups in total. The second-order valence-electron chi connectivity index (χ2n) is 5.01. The Bertz CT molecular complexity index is 692. The molecule has 5 heteroatoms. The van der Waals surface area contributed by atoms with Crippen molar-refractivity contribution in [2.45, 2.75) is 18.8 Å². The van der Waals surface area contributed by atoms with Crippen LogP contribution in [0.1, 0.15) is 24.5 Å². The average Bonchev–Trinajstić information content (AvgIpc) is 2.95. The van der Waals surface area contributed by atoms with Crippen LogP contribution in [0.5, 0.6) is 0 Å². The summed E-state index contributed by atoms with van der Waals surface area (Å²) in [5.41, 5.74) is 1.57. The third kappa shape index (κ3) is 3.31. The fourth-order valence-corrected chi connectivity index (χ4v) is 2.92. The number of hydrogen-bond acceptors (Lipinski definition) is 3. The lowest BCUT2D eigenvalue weighted by Gasteiger charge is -2.22. The second-order valence-corrected chi connectivity index (χ2v) is 5.85. The number of benzene rings is 1. The second kappa shape index (κ2) is 5.96. The Hall–Kier alpha value is -1.71. The Morgan fingerprint density at radius 3 is 2.76 bits per heavy atom. The molecule has 1 aliphatic rings. The van der Waals surface area contributed by atoms with Gasteiger partial charge in [-0.2, -0.15) is 0 Å². The number of allylic oxidation sites excluding steroid dienone is 2. The van der Waals surface area contributed by atoms with Crippen molar-refractivity contribution < 1.29 is 9.21 Å². The molecule has 0 unspecified atom stereocenters. The van der Waals surface area contributed by atoms with Gasteiger partial charge >= 0.3 is 0 Å². The molecule has 1 aromatic heterocycles. The highest BCUT2D eigenvalue weighted by molar-refractivity contribution is 6.36. The van der Waals surface area contributed by atoms with Crippen LogP contribution in [0, 0.1) is 0 Å². The Morgan fingerprint density at radius 1 is 1.19 bits per heavy atom. The molecule has 108 valence electrons. The molecule has 1 aromatic carbocycles. The number of rotatable bonds is 3. The molecule has 0 bridgehead atoms. The third-order valence-corrected chi connectivity index (χ3v) is 3.97. The van der Waals surface area contributed by atoms with Crippen LogP contribution < -0.4 is 5.32 Å². The number of anilines is 1. The SMILES string of the molecule is O=C1C=C(Nc2ccc(Cl)cc2Cl)C[C@H](c2ccco2)C1. The summed E-state index contributed by atoms with van der Waals surface area (Å²) in [7, 11) is 0. The molecule has 0 saturated carbocycles. The van der Waals surface area contributed by atoms with Gasteiger partial charge in [-0.1, -0.05) is 23.2 Å². The minimum Gasteiger partial charge on any atom is -0.469 e. The van der Waals surface area contributed by atoms with Crippen LogP contribution in [0.4, 0.5) is 5.69 Å². The summed E-state index contributed by atoms with van der Waals surface area (Å²) in [6.07, 6.45) is 4.43. The molecule has 0 radical (unpaired) electrons. The Morgan fingerprint density at radius 2 is 2.05 bits per heavy atom. The van der Waals surface area contributed by atoms with Gasteiger partial charge in [-0.15, -0.1) is 0 Å². The lowest BCUT2D eigenvalue weighted by molar-refractivity contribution is -0.115. The molecule has 1 heterocycles. The highest BCUT2D eigenvalue weighted by Crippen LogP contribution is 2.34. The van der Waals surface area contributed by atoms with E-state index >= 15 is 0 Å². The summed E-state index contributed by atoms with van der Waals surface area (Å²) in [4.78, 5) is 11.9. The van der Waals surface area contributed by atoms with E-state index in [4.69, 9.17) is 27.6 Å². The molecule has 0 saturated heterocycles. The monoisotopic (exact) mass is 321 g/mol. The minimum atomic E-state index is 0.0612. The molecule has 0 spiro atoms. The fraction of sp³-hybridized carbons (Fsp3) is 0.188. The first-order valence-corrected chi connectivity index (χ1v) is 7.36. The Labute approximate surface area is 132 Å². The van der Waals surface area contributed by atoms with Gasteiger partial charge in [0.15, 0.2) is 5.78 Å². The van der Waals surface area contributed by atoms with Crippen LogP contribution in [-0.4, -0.2) is 5.78 Å². The maximum Gasteiger partial charge on any atom is 0.158 e. The van der Waals surface area contributed by atoms with Crippen molar-refractivity contribution in [3.63, 3.8) is 0 Å². The molecule has 0 amide bonds. The number of carbonyl (C=O) groups is 1. The van der Waals surface area contributed by atoms with Crippen LogP contribution in [0.15, 0.2) is 52.8 Å². The van der Waals surface area contributed by atoms with Crippen LogP contribution in [-0.2, 0) is 4.79 Å². The van der Waals surface area contributed by atoms with E-state index in [1.807, 2.05) is 12.1 Å². The zero-order chi connectivity index (χ0) is 14.8. The summed E-state index contributed by atoms with van der Waals surface area (Å²) < 4.78 is 5.41. The van der Waals surface area contributed by atoms with Gasteiger partial charge in [0, 0.05) is 29.1 Å². The van der Waals surface area contributed by atoms with Gasteiger partial charge in [-0.05, 0) is 36.8 Å². The van der Waals surface area contributed by atoms with Gasteiger partial charge < -0.3 is 9.73 Å². The van der Waals surface area contributed by atoms with Gasteiger partial charge in [-0.25, -0.2) is 0 Å². The zero-order valence-corrected chi connectivity index (χ0v) is 12.6. The molecule has 1 aliphatic carbocycles. The number of ketones is 1. The van der Waals surface area contributed by atoms with Crippen LogP contribution in [0.25, 0.3) is 0 Å². The van der Waals surface area contributed by atoms with Crippen LogP contribution >= 0.6 is 23.2 Å². The van der Waals surface area contributed by atoms with Gasteiger partial charge in [0.25, 0.3) is 0 Å². The molecular weight excluding hydrogens is 309 g/mol. The van der Waals surface area contributed by atoms with Crippen molar-refractivity contribution in [1.82, 2.24) is 0 Å². The first-order valence-electron chi connectivity index (χ1n) is 6.60. The maximum atomic E-state index is 11.9. The maximum absolute atomic E-state index is 11.9. The smallest absolute Gasteiger partial charge is 0.158 e. The minimum absolute atomic E-state index is 0.0612. The van der Waals surface area contributed by atoms with E-state index in [2.05, 4.69) is 5.32 Å². The predicted octanol–water partition coefficient (Wildman–Crippen LogP) is 5.03. The van der Waals surface area contributed by atoms with Crippen molar-refractivity contribution in [3.8, 4) is 0 Å². The standard InChI is InChI=1S/C16H13Cl2NO2/c17-11-3-4-15(14(18)8-11)19-12-6-10(7-13(20)9-12)16-2-1-5-21-16/h1-5,8-10,19H,6-7H2/t10-/m0/s1. The summed E-state index contributed by atoms with van der Waals surface area (Å²) in [5.74, 6) is 0.972. The predicted molar refractivity (Wildman–Crippen MR) is 83.9 cm³/mol. The van der Waals surface area contributed by atoms with Gasteiger partial charge in [0.1, 0.15) is 5.76 Å². The third-order valence-electron chi connectivity index (χ3n) is 3.42. The van der Waals surface area contributed by atoms with Crippen molar-refractivity contribution in [2.75, 3.05) is 5.32 Å². The lowest BCUT2D eigenvalue weighted by Crippen LogP contribution is -2.16. The molecule has 2 aromatic rings. The van der Waals surface area contributed by atoms with Crippen molar-refractivity contribution in [1.29, 1.82) is 0 Å². The van der Waals surface area contributed by atoms with Gasteiger partial charge in [0.05, 0.1) is 17.0 Å². The topological polar surface area (TPSA) is 42.2 Å². The number of carbonyl (C=O) groups excluding carboxylic acids is 1. The molecule has 3 nitrogen and oxygen atoms in total. The van der Waals surface area contributed by atoms with Crippen molar-refractivity contribution >= 4 is 34.7 Å². The summed E-state index contributed by atoms with van der Waals surface area (Å²) in [5, 5.41) is 4.31. The normalized spacial score (nSPS) is 18.5. The lowest BCUT2D eigenvalue weighted by atomic mass is 9.89. The van der Waals surface area contributed by atoms with Crippen LogP contribution in [0.2, 0.25) is 10.0 Å². The molecule has 3 rings (SSSR count). The quantitative estimate of drug-likeness (QED) is 0.862. The van der Waals surface area contributed by atoms with Crippen molar-refractivity contribution in [2.24, 2.45) is 0 Å². The van der Waals surface area contributed by atoms with E-state index in [1.165, 1.54) is 0 Å². The van der Waals surface area contributed by atoms with E-state index < -0.39 is 0 Å². The molecular formula is C16H13Cl2NO2. The Kier molecular flexibility index (Phi) is 4.04. The number of nitrogens with one attached hydrogen (secondary N) is 1. The largest absolute Gasteiger partial charge is 0.469 e. The summed E-state index contributed by atoms with van der Waals surface area (Å²) >= 11 is 12.0. The van der Waals surface area contributed by atoms with E-state index in [9.17, 15) is 4.79 Å². The number of furan rings is 1. The summed E-state index contributed by atoms with van der Waals surface area (Å²) in [6, 6.07) is 8.95. The average molecular weight is 322 g/mol. The van der Waals surface area contributed by atoms with Gasteiger partial charge in [-0.3, -0.25) is 4.79 Å². The van der Waals surface area contributed by atoms with Crippen LogP contribution in [0.3, 0.4) is 0 Å². The number of hydrogen-bond donors (Lipinski definition) is 1. The zero-order valence-electron chi connectivity index (χ0n) is 11.1.